The largest absolute Gasteiger partial charge is 0.497 e. The summed E-state index contributed by atoms with van der Waals surface area (Å²) in [5.74, 6) is 2.48. The van der Waals surface area contributed by atoms with Gasteiger partial charge in [-0.25, -0.2) is 9.37 Å². The molecule has 0 aliphatic rings. The van der Waals surface area contributed by atoms with E-state index >= 15 is 0 Å². The highest BCUT2D eigenvalue weighted by atomic mass is 127. The number of benzene rings is 2. The Morgan fingerprint density at radius 1 is 1.16 bits per heavy atom. The van der Waals surface area contributed by atoms with Crippen LogP contribution < -0.4 is 15.4 Å². The lowest BCUT2D eigenvalue weighted by Gasteiger charge is -2.26. The molecule has 7 nitrogen and oxygen atoms in total. The molecule has 3 rings (SSSR count). The molecule has 0 atom stereocenters. The van der Waals surface area contributed by atoms with Gasteiger partial charge in [0.25, 0.3) is 0 Å². The number of hydrogen-bond acceptors (Lipinski definition) is 4. The maximum absolute atomic E-state index is 13.6. The van der Waals surface area contributed by atoms with Crippen LogP contribution in [0, 0.1) is 5.82 Å². The first-order valence-corrected chi connectivity index (χ1v) is 9.67. The van der Waals surface area contributed by atoms with Crippen molar-refractivity contribution < 1.29 is 9.13 Å². The molecule has 0 aliphatic carbocycles. The molecule has 0 spiro atoms. The fraction of sp³-hybridized carbons (Fsp3) is 0.318. The summed E-state index contributed by atoms with van der Waals surface area (Å²) in [6.45, 7) is 5.13. The van der Waals surface area contributed by atoms with Crippen LogP contribution in [0.2, 0.25) is 0 Å². The second-order valence-corrected chi connectivity index (χ2v) is 7.51. The molecule has 31 heavy (non-hydrogen) atoms. The molecule has 2 aromatic carbocycles. The van der Waals surface area contributed by atoms with Crippen LogP contribution in [0.3, 0.4) is 0 Å². The summed E-state index contributed by atoms with van der Waals surface area (Å²) in [6, 6.07) is 14.2. The van der Waals surface area contributed by atoms with Crippen molar-refractivity contribution in [3.63, 3.8) is 0 Å². The minimum absolute atomic E-state index is 0. The molecule has 1 aromatic heterocycles. The summed E-state index contributed by atoms with van der Waals surface area (Å²) in [5, 5.41) is 13.7. The smallest absolute Gasteiger partial charge is 0.191 e. The van der Waals surface area contributed by atoms with Gasteiger partial charge in [-0.2, -0.15) is 5.10 Å². The Kier molecular flexibility index (Phi) is 8.78. The Morgan fingerprint density at radius 3 is 2.55 bits per heavy atom. The number of aromatic amines is 1. The van der Waals surface area contributed by atoms with Crippen molar-refractivity contribution in [1.82, 2.24) is 25.8 Å². The highest BCUT2D eigenvalue weighted by Crippen LogP contribution is 2.23. The highest BCUT2D eigenvalue weighted by molar-refractivity contribution is 14.0. The van der Waals surface area contributed by atoms with Gasteiger partial charge in [-0.15, -0.1) is 24.0 Å². The third-order valence-corrected chi connectivity index (χ3v) is 4.83. The van der Waals surface area contributed by atoms with Crippen molar-refractivity contribution in [1.29, 1.82) is 0 Å². The van der Waals surface area contributed by atoms with Crippen molar-refractivity contribution >= 4 is 29.9 Å². The van der Waals surface area contributed by atoms with E-state index in [-0.39, 0.29) is 35.2 Å². The van der Waals surface area contributed by atoms with Crippen molar-refractivity contribution in [3.8, 4) is 17.1 Å². The number of guanidine groups is 1. The number of aliphatic imine (C=N–C) groups is 1. The van der Waals surface area contributed by atoms with Gasteiger partial charge in [0.05, 0.1) is 13.7 Å². The number of nitrogens with one attached hydrogen (secondary N) is 3. The van der Waals surface area contributed by atoms with Gasteiger partial charge in [0, 0.05) is 24.6 Å². The van der Waals surface area contributed by atoms with Gasteiger partial charge >= 0.3 is 0 Å². The van der Waals surface area contributed by atoms with Crippen molar-refractivity contribution in [2.75, 3.05) is 20.7 Å². The van der Waals surface area contributed by atoms with Gasteiger partial charge in [0.15, 0.2) is 11.8 Å². The minimum Gasteiger partial charge on any atom is -0.497 e. The van der Waals surface area contributed by atoms with Gasteiger partial charge in [-0.05, 0) is 42.0 Å². The second kappa shape index (κ2) is 11.1. The van der Waals surface area contributed by atoms with Crippen molar-refractivity contribution in [2.45, 2.75) is 25.8 Å². The molecular weight excluding hydrogens is 510 g/mol. The summed E-state index contributed by atoms with van der Waals surface area (Å²) in [7, 11) is 3.33. The Morgan fingerprint density at radius 2 is 1.90 bits per heavy atom. The van der Waals surface area contributed by atoms with Crippen LogP contribution in [0.25, 0.3) is 11.4 Å². The molecule has 0 radical (unpaired) electrons. The fourth-order valence-electron chi connectivity index (χ4n) is 2.95. The van der Waals surface area contributed by atoms with E-state index in [1.807, 2.05) is 30.3 Å². The Hall–Kier alpha value is -2.69. The zero-order valence-electron chi connectivity index (χ0n) is 18.1. The molecule has 0 fully saturated rings. The predicted molar refractivity (Wildman–Crippen MR) is 131 cm³/mol. The van der Waals surface area contributed by atoms with E-state index in [2.05, 4.69) is 44.7 Å². The number of H-pyrrole nitrogens is 1. The van der Waals surface area contributed by atoms with Crippen LogP contribution >= 0.6 is 24.0 Å². The minimum atomic E-state index is -0.270. The number of methoxy groups -OCH3 is 1. The van der Waals surface area contributed by atoms with Gasteiger partial charge in [0.1, 0.15) is 17.4 Å². The van der Waals surface area contributed by atoms with E-state index in [4.69, 9.17) is 4.74 Å². The number of rotatable bonds is 7. The molecule has 0 amide bonds. The molecule has 1 heterocycles. The van der Waals surface area contributed by atoms with Crippen molar-refractivity contribution in [3.05, 3.63) is 65.7 Å². The summed E-state index contributed by atoms with van der Waals surface area (Å²) < 4.78 is 18.7. The third kappa shape index (κ3) is 6.65. The molecule has 3 N–H and O–H groups in total. The first-order chi connectivity index (χ1) is 14.4. The number of aromatic nitrogens is 3. The first-order valence-electron chi connectivity index (χ1n) is 9.67. The average molecular weight is 538 g/mol. The van der Waals surface area contributed by atoms with Crippen LogP contribution in [0.5, 0.6) is 5.75 Å². The van der Waals surface area contributed by atoms with E-state index in [9.17, 15) is 4.39 Å². The maximum Gasteiger partial charge on any atom is 0.191 e. The Labute approximate surface area is 198 Å². The average Bonchev–Trinajstić information content (AvgIpc) is 3.23. The fourth-order valence-corrected chi connectivity index (χ4v) is 2.95. The van der Waals surface area contributed by atoms with Crippen molar-refractivity contribution in [2.24, 2.45) is 4.99 Å². The molecule has 0 saturated carbocycles. The normalized spacial score (nSPS) is 11.6. The first kappa shape index (κ1) is 24.6. The number of halogens is 2. The van der Waals surface area contributed by atoms with Crippen LogP contribution in [0.15, 0.2) is 53.5 Å². The zero-order valence-corrected chi connectivity index (χ0v) is 20.4. The lowest BCUT2D eigenvalue weighted by Crippen LogP contribution is -2.43. The molecule has 0 unspecified atom stereocenters. The molecule has 0 aliphatic heterocycles. The number of ether oxygens (including phenoxy) is 1. The summed E-state index contributed by atoms with van der Waals surface area (Å²) in [6.07, 6.45) is 0. The third-order valence-electron chi connectivity index (χ3n) is 4.83. The summed E-state index contributed by atoms with van der Waals surface area (Å²) in [4.78, 5) is 8.76. The molecule has 0 bridgehead atoms. The summed E-state index contributed by atoms with van der Waals surface area (Å²) >= 11 is 0. The number of nitrogens with zero attached hydrogens (tertiary/aromatic N) is 3. The maximum atomic E-state index is 13.6. The standard InChI is InChI=1S/C22H27FN6O.HI/c1-22(2,16-6-5-7-17(23)12-16)14-26-21(24-3)25-13-19-27-20(29-28-19)15-8-10-18(30-4)11-9-15;/h5-12H,13-14H2,1-4H3,(H2,24,25,26)(H,27,28,29);1H. The van der Waals surface area contributed by atoms with Crippen LogP contribution in [0.1, 0.15) is 25.2 Å². The van der Waals surface area contributed by atoms with E-state index in [1.54, 1.807) is 26.3 Å². The van der Waals surface area contributed by atoms with Gasteiger partial charge in [0.2, 0.25) is 0 Å². The van der Waals surface area contributed by atoms with E-state index in [1.165, 1.54) is 6.07 Å². The molecular formula is C22H28FIN6O. The predicted octanol–water partition coefficient (Wildman–Crippen LogP) is 3.88. The van der Waals surface area contributed by atoms with E-state index < -0.39 is 0 Å². The molecule has 3 aromatic rings. The van der Waals surface area contributed by atoms with Gasteiger partial charge in [-0.1, -0.05) is 26.0 Å². The topological polar surface area (TPSA) is 87.2 Å². The SMILES string of the molecule is CN=C(NCc1nc(-c2ccc(OC)cc2)n[nH]1)NCC(C)(C)c1cccc(F)c1.I. The second-order valence-electron chi connectivity index (χ2n) is 7.51. The van der Waals surface area contributed by atoms with Crippen LogP contribution in [0.4, 0.5) is 4.39 Å². The zero-order chi connectivity index (χ0) is 21.6. The summed E-state index contributed by atoms with van der Waals surface area (Å²) in [5.41, 5.74) is 1.55. The highest BCUT2D eigenvalue weighted by Gasteiger charge is 2.21. The monoisotopic (exact) mass is 538 g/mol. The van der Waals surface area contributed by atoms with Gasteiger partial charge < -0.3 is 15.4 Å². The van der Waals surface area contributed by atoms with Crippen LogP contribution in [-0.4, -0.2) is 41.8 Å². The van der Waals surface area contributed by atoms with Crippen LogP contribution in [-0.2, 0) is 12.0 Å². The van der Waals surface area contributed by atoms with E-state index in [0.717, 1.165) is 16.9 Å². The lowest BCUT2D eigenvalue weighted by molar-refractivity contribution is 0.415. The Bertz CT molecular complexity index is 1000. The molecule has 9 heteroatoms. The quantitative estimate of drug-likeness (QED) is 0.242. The molecule has 166 valence electrons. The number of hydrogen-bond donors (Lipinski definition) is 3. The van der Waals surface area contributed by atoms with Gasteiger partial charge in [-0.3, -0.25) is 10.1 Å². The Balaban J connectivity index is 0.00000341. The lowest BCUT2D eigenvalue weighted by atomic mass is 9.84. The molecule has 0 saturated heterocycles. The van der Waals surface area contributed by atoms with E-state index in [0.29, 0.717) is 30.7 Å².